The van der Waals surface area contributed by atoms with Crippen LogP contribution in [0.15, 0.2) is 24.5 Å². The Morgan fingerprint density at radius 2 is 1.47 bits per heavy atom. The number of pyridine rings is 1. The van der Waals surface area contributed by atoms with E-state index in [4.69, 9.17) is 0 Å². The molecule has 0 saturated carbocycles. The molecule has 0 fully saturated rings. The van der Waals surface area contributed by atoms with Crippen molar-refractivity contribution in [1.82, 2.24) is 4.98 Å². The number of nitrogens with one attached hydrogen (secondary N) is 2. The Kier molecular flexibility index (Phi) is 3.55. The van der Waals surface area contributed by atoms with Crippen molar-refractivity contribution in [2.75, 3.05) is 17.7 Å². The lowest BCUT2D eigenvalue weighted by Gasteiger charge is -2.10. The molecular formula is C12H9F4N3. The maximum atomic E-state index is 13.4. The molecule has 2 aromatic rings. The van der Waals surface area contributed by atoms with E-state index in [1.165, 1.54) is 18.5 Å². The quantitative estimate of drug-likeness (QED) is 0.663. The van der Waals surface area contributed by atoms with E-state index >= 15 is 0 Å². The normalized spacial score (nSPS) is 10.4. The minimum absolute atomic E-state index is 0.151. The minimum atomic E-state index is -1.49. The second-order valence-electron chi connectivity index (χ2n) is 3.68. The van der Waals surface area contributed by atoms with Crippen LogP contribution in [-0.4, -0.2) is 12.0 Å². The standard InChI is InChI=1S/C12H9F4N3/c1-17-6-2-7(5-18-4-6)19-12-10(15)8(13)3-9(14)11(12)16/h2-5,17,19H,1H3. The summed E-state index contributed by atoms with van der Waals surface area (Å²) in [6.45, 7) is 0. The number of benzene rings is 1. The fourth-order valence-electron chi connectivity index (χ4n) is 1.47. The van der Waals surface area contributed by atoms with Crippen LogP contribution in [0.1, 0.15) is 0 Å². The predicted molar refractivity (Wildman–Crippen MR) is 63.3 cm³/mol. The average molecular weight is 271 g/mol. The largest absolute Gasteiger partial charge is 0.387 e. The van der Waals surface area contributed by atoms with Gasteiger partial charge in [-0.3, -0.25) is 4.98 Å². The van der Waals surface area contributed by atoms with Crippen molar-refractivity contribution in [1.29, 1.82) is 0 Å². The molecule has 100 valence electrons. The first-order chi connectivity index (χ1) is 9.02. The van der Waals surface area contributed by atoms with Crippen molar-refractivity contribution in [2.45, 2.75) is 0 Å². The van der Waals surface area contributed by atoms with Gasteiger partial charge >= 0.3 is 0 Å². The maximum Gasteiger partial charge on any atom is 0.185 e. The van der Waals surface area contributed by atoms with Crippen LogP contribution in [0.4, 0.5) is 34.6 Å². The lowest BCUT2D eigenvalue weighted by Crippen LogP contribution is -2.03. The molecule has 2 rings (SSSR count). The molecule has 0 unspecified atom stereocenters. The summed E-state index contributed by atoms with van der Waals surface area (Å²) in [5.74, 6) is -5.93. The number of hydrogen-bond donors (Lipinski definition) is 2. The zero-order valence-corrected chi connectivity index (χ0v) is 9.77. The molecule has 0 aliphatic heterocycles. The molecule has 0 atom stereocenters. The van der Waals surface area contributed by atoms with Gasteiger partial charge in [0.05, 0.1) is 23.8 Å². The van der Waals surface area contributed by atoms with Gasteiger partial charge in [0.1, 0.15) is 5.69 Å². The maximum absolute atomic E-state index is 13.4. The molecule has 19 heavy (non-hydrogen) atoms. The highest BCUT2D eigenvalue weighted by Crippen LogP contribution is 2.27. The summed E-state index contributed by atoms with van der Waals surface area (Å²) in [5, 5.41) is 5.03. The third kappa shape index (κ3) is 2.59. The third-order valence-corrected chi connectivity index (χ3v) is 2.41. The number of aromatic nitrogens is 1. The summed E-state index contributed by atoms with van der Waals surface area (Å²) < 4.78 is 52.9. The van der Waals surface area contributed by atoms with Crippen LogP contribution in [0.3, 0.4) is 0 Å². The van der Waals surface area contributed by atoms with Gasteiger partial charge in [0.25, 0.3) is 0 Å². The topological polar surface area (TPSA) is 37.0 Å². The van der Waals surface area contributed by atoms with Crippen LogP contribution in [-0.2, 0) is 0 Å². The Hall–Kier alpha value is -2.31. The molecule has 3 nitrogen and oxygen atoms in total. The Morgan fingerprint density at radius 3 is 2.05 bits per heavy atom. The average Bonchev–Trinajstić information content (AvgIpc) is 2.41. The van der Waals surface area contributed by atoms with Crippen LogP contribution in [0.2, 0.25) is 0 Å². The lowest BCUT2D eigenvalue weighted by atomic mass is 10.2. The van der Waals surface area contributed by atoms with Crippen LogP contribution in [0.5, 0.6) is 0 Å². The molecule has 1 aromatic heterocycles. The van der Waals surface area contributed by atoms with E-state index in [1.807, 2.05) is 0 Å². The molecule has 0 amide bonds. The number of halogens is 4. The molecule has 0 aliphatic rings. The molecule has 0 bridgehead atoms. The second-order valence-corrected chi connectivity index (χ2v) is 3.68. The zero-order valence-electron chi connectivity index (χ0n) is 9.77. The minimum Gasteiger partial charge on any atom is -0.387 e. The molecule has 0 spiro atoms. The summed E-state index contributed by atoms with van der Waals surface area (Å²) in [7, 11) is 1.63. The number of hydrogen-bond acceptors (Lipinski definition) is 3. The second kappa shape index (κ2) is 5.13. The van der Waals surface area contributed by atoms with E-state index in [9.17, 15) is 17.6 Å². The Morgan fingerprint density at radius 1 is 0.895 bits per heavy atom. The first-order valence-electron chi connectivity index (χ1n) is 5.25. The highest BCUT2D eigenvalue weighted by molar-refractivity contribution is 5.64. The van der Waals surface area contributed by atoms with E-state index in [2.05, 4.69) is 15.6 Å². The Labute approximate surface area is 106 Å². The van der Waals surface area contributed by atoms with Gasteiger partial charge in [-0.25, -0.2) is 17.6 Å². The van der Waals surface area contributed by atoms with Gasteiger partial charge in [0.15, 0.2) is 23.3 Å². The van der Waals surface area contributed by atoms with Crippen molar-refractivity contribution < 1.29 is 17.6 Å². The summed E-state index contributed by atoms with van der Waals surface area (Å²) in [6.07, 6.45) is 2.74. The third-order valence-electron chi connectivity index (χ3n) is 2.41. The van der Waals surface area contributed by atoms with E-state index in [-0.39, 0.29) is 11.8 Å². The molecule has 1 heterocycles. The SMILES string of the molecule is CNc1cncc(Nc2c(F)c(F)cc(F)c2F)c1. The lowest BCUT2D eigenvalue weighted by molar-refractivity contribution is 0.459. The van der Waals surface area contributed by atoms with Gasteiger partial charge in [-0.2, -0.15) is 0 Å². The number of nitrogens with zero attached hydrogens (tertiary/aromatic N) is 1. The summed E-state index contributed by atoms with van der Waals surface area (Å²) in [6, 6.07) is 1.63. The van der Waals surface area contributed by atoms with E-state index < -0.39 is 29.0 Å². The molecule has 0 saturated heterocycles. The Balaban J connectivity index is 2.43. The smallest absolute Gasteiger partial charge is 0.185 e. The van der Waals surface area contributed by atoms with Crippen LogP contribution in [0, 0.1) is 23.3 Å². The van der Waals surface area contributed by atoms with Crippen molar-refractivity contribution in [3.8, 4) is 0 Å². The van der Waals surface area contributed by atoms with Gasteiger partial charge in [-0.05, 0) is 6.07 Å². The van der Waals surface area contributed by atoms with Crippen molar-refractivity contribution in [3.05, 3.63) is 47.8 Å². The molecule has 2 N–H and O–H groups in total. The summed E-state index contributed by atoms with van der Waals surface area (Å²) >= 11 is 0. The fourth-order valence-corrected chi connectivity index (χ4v) is 1.47. The zero-order chi connectivity index (χ0) is 14.0. The Bertz CT molecular complexity index is 590. The highest BCUT2D eigenvalue weighted by atomic mass is 19.2. The summed E-state index contributed by atoms with van der Waals surface area (Å²) in [5.41, 5.74) is -0.134. The van der Waals surface area contributed by atoms with E-state index in [0.29, 0.717) is 5.69 Å². The first kappa shape index (κ1) is 13.1. The van der Waals surface area contributed by atoms with Gasteiger partial charge in [0.2, 0.25) is 0 Å². The van der Waals surface area contributed by atoms with Crippen molar-refractivity contribution in [3.63, 3.8) is 0 Å². The van der Waals surface area contributed by atoms with Gasteiger partial charge in [0, 0.05) is 13.1 Å². The molecule has 0 aliphatic carbocycles. The van der Waals surface area contributed by atoms with Crippen LogP contribution < -0.4 is 10.6 Å². The van der Waals surface area contributed by atoms with Gasteiger partial charge < -0.3 is 10.6 Å². The molecule has 7 heteroatoms. The number of rotatable bonds is 3. The summed E-state index contributed by atoms with van der Waals surface area (Å²) in [4.78, 5) is 3.80. The van der Waals surface area contributed by atoms with Crippen LogP contribution >= 0.6 is 0 Å². The predicted octanol–water partition coefficient (Wildman–Crippen LogP) is 3.42. The monoisotopic (exact) mass is 271 g/mol. The molecule has 0 radical (unpaired) electrons. The van der Waals surface area contributed by atoms with Gasteiger partial charge in [-0.1, -0.05) is 0 Å². The fraction of sp³-hybridized carbons (Fsp3) is 0.0833. The molecule has 1 aromatic carbocycles. The van der Waals surface area contributed by atoms with Crippen molar-refractivity contribution >= 4 is 17.1 Å². The number of anilines is 3. The first-order valence-corrected chi connectivity index (χ1v) is 5.25. The van der Waals surface area contributed by atoms with Crippen molar-refractivity contribution in [2.24, 2.45) is 0 Å². The molecular weight excluding hydrogens is 262 g/mol. The van der Waals surface area contributed by atoms with Crippen LogP contribution in [0.25, 0.3) is 0 Å². The van der Waals surface area contributed by atoms with E-state index in [0.717, 1.165) is 0 Å². The highest BCUT2D eigenvalue weighted by Gasteiger charge is 2.19. The van der Waals surface area contributed by atoms with Gasteiger partial charge in [-0.15, -0.1) is 0 Å². The van der Waals surface area contributed by atoms with E-state index in [1.54, 1.807) is 7.05 Å².